The summed E-state index contributed by atoms with van der Waals surface area (Å²) in [6.45, 7) is 3.24. The zero-order chi connectivity index (χ0) is 19.6. The maximum atomic E-state index is 12.3. The molecule has 1 aromatic carbocycles. The maximum Gasteiger partial charge on any atom is 0.246 e. The smallest absolute Gasteiger partial charge is 0.246 e. The van der Waals surface area contributed by atoms with Crippen molar-refractivity contribution < 1.29 is 19.1 Å². The van der Waals surface area contributed by atoms with Crippen molar-refractivity contribution >= 4 is 17.7 Å². The Morgan fingerprint density at radius 2 is 1.70 bits per heavy atom. The molecule has 1 heterocycles. The Labute approximate surface area is 160 Å². The summed E-state index contributed by atoms with van der Waals surface area (Å²) in [7, 11) is 6.72. The molecular formula is C20H27N3O4. The molecule has 1 amide bonds. The molecule has 0 bridgehead atoms. The van der Waals surface area contributed by atoms with Crippen molar-refractivity contribution in [3.63, 3.8) is 0 Å². The Morgan fingerprint density at radius 1 is 1.00 bits per heavy atom. The lowest BCUT2D eigenvalue weighted by Crippen LogP contribution is -2.46. The summed E-state index contributed by atoms with van der Waals surface area (Å²) < 4.78 is 10.5. The first-order valence-corrected chi connectivity index (χ1v) is 8.74. The topological polar surface area (TPSA) is 63.6 Å². The van der Waals surface area contributed by atoms with Gasteiger partial charge in [0.2, 0.25) is 5.91 Å². The van der Waals surface area contributed by atoms with Gasteiger partial charge in [0.25, 0.3) is 0 Å². The Kier molecular flexibility index (Phi) is 7.88. The van der Waals surface area contributed by atoms with Crippen LogP contribution in [0.1, 0.15) is 5.56 Å². The maximum absolute atomic E-state index is 12.3. The van der Waals surface area contributed by atoms with Crippen LogP contribution < -0.4 is 9.47 Å². The van der Waals surface area contributed by atoms with Crippen LogP contribution in [0.4, 0.5) is 0 Å². The van der Waals surface area contributed by atoms with Crippen LogP contribution in [0.5, 0.6) is 11.5 Å². The second-order valence-electron chi connectivity index (χ2n) is 6.11. The van der Waals surface area contributed by atoms with Crippen molar-refractivity contribution in [1.29, 1.82) is 0 Å². The average molecular weight is 373 g/mol. The van der Waals surface area contributed by atoms with E-state index in [9.17, 15) is 4.79 Å². The Hall–Kier alpha value is -2.80. The van der Waals surface area contributed by atoms with E-state index < -0.39 is 0 Å². The highest BCUT2D eigenvalue weighted by Crippen LogP contribution is 2.27. The van der Waals surface area contributed by atoms with Crippen molar-refractivity contribution in [2.45, 2.75) is 0 Å². The molecule has 1 aromatic rings. The molecule has 0 unspecified atom stereocenters. The summed E-state index contributed by atoms with van der Waals surface area (Å²) in [6, 6.07) is 5.60. The summed E-state index contributed by atoms with van der Waals surface area (Å²) in [6.07, 6.45) is 6.83. The predicted molar refractivity (Wildman–Crippen MR) is 106 cm³/mol. The molecule has 0 saturated carbocycles. The second kappa shape index (κ2) is 10.4. The number of benzene rings is 1. The number of methoxy groups -OCH3 is 2. The zero-order valence-corrected chi connectivity index (χ0v) is 16.3. The van der Waals surface area contributed by atoms with Crippen LogP contribution in [0.2, 0.25) is 0 Å². The number of carbonyl (C=O) groups is 1. The van der Waals surface area contributed by atoms with Gasteiger partial charge in [-0.05, 0) is 36.9 Å². The molecule has 2 rings (SSSR count). The van der Waals surface area contributed by atoms with Crippen molar-refractivity contribution in [1.82, 2.24) is 9.80 Å². The number of ether oxygens (including phenoxy) is 2. The molecule has 0 radical (unpaired) electrons. The number of hydrogen-bond donors (Lipinski definition) is 0. The van der Waals surface area contributed by atoms with Gasteiger partial charge in [0, 0.05) is 32.3 Å². The van der Waals surface area contributed by atoms with Crippen molar-refractivity contribution in [3.8, 4) is 11.5 Å². The SMILES string of the molecule is CON=C(C=CC(=O)N1CCN(C)CC1)C=Cc1ccc(OC)c(OC)c1. The van der Waals surface area contributed by atoms with Gasteiger partial charge in [-0.25, -0.2) is 0 Å². The number of amides is 1. The van der Waals surface area contributed by atoms with E-state index in [1.165, 1.54) is 13.2 Å². The fourth-order valence-corrected chi connectivity index (χ4v) is 2.65. The van der Waals surface area contributed by atoms with Crippen LogP contribution in [-0.2, 0) is 9.63 Å². The van der Waals surface area contributed by atoms with Gasteiger partial charge in [0.1, 0.15) is 12.8 Å². The summed E-state index contributed by atoms with van der Waals surface area (Å²) in [4.78, 5) is 21.2. The van der Waals surface area contributed by atoms with E-state index in [0.29, 0.717) is 17.2 Å². The fraction of sp³-hybridized carbons (Fsp3) is 0.400. The molecule has 0 N–H and O–H groups in total. The quantitative estimate of drug-likeness (QED) is 0.416. The summed E-state index contributed by atoms with van der Waals surface area (Å²) in [5.41, 5.74) is 1.45. The number of hydrogen-bond acceptors (Lipinski definition) is 6. The van der Waals surface area contributed by atoms with Crippen molar-refractivity contribution in [2.24, 2.45) is 5.16 Å². The standard InChI is InChI=1S/C20H27N3O4/c1-22-11-13-23(14-12-22)20(24)10-8-17(21-27-4)7-5-16-6-9-18(25-2)19(15-16)26-3/h5-10,15H,11-14H2,1-4H3. The zero-order valence-electron chi connectivity index (χ0n) is 16.3. The molecule has 146 valence electrons. The van der Waals surface area contributed by atoms with Gasteiger partial charge in [-0.1, -0.05) is 17.3 Å². The lowest BCUT2D eigenvalue weighted by molar-refractivity contribution is -0.127. The molecule has 1 aliphatic heterocycles. The van der Waals surface area contributed by atoms with Crippen molar-refractivity contribution in [3.05, 3.63) is 42.0 Å². The largest absolute Gasteiger partial charge is 0.493 e. The molecule has 1 fully saturated rings. The fourth-order valence-electron chi connectivity index (χ4n) is 2.65. The van der Waals surface area contributed by atoms with Gasteiger partial charge in [0.05, 0.1) is 14.2 Å². The van der Waals surface area contributed by atoms with Gasteiger partial charge < -0.3 is 24.1 Å². The minimum atomic E-state index is -0.0218. The summed E-state index contributed by atoms with van der Waals surface area (Å²) >= 11 is 0. The minimum Gasteiger partial charge on any atom is -0.493 e. The monoisotopic (exact) mass is 373 g/mol. The van der Waals surface area contributed by atoms with E-state index >= 15 is 0 Å². The van der Waals surface area contributed by atoms with E-state index in [1.807, 2.05) is 29.2 Å². The number of nitrogens with zero attached hydrogens (tertiary/aromatic N) is 3. The van der Waals surface area contributed by atoms with Gasteiger partial charge in [-0.3, -0.25) is 4.79 Å². The van der Waals surface area contributed by atoms with E-state index in [2.05, 4.69) is 17.1 Å². The molecular weight excluding hydrogens is 346 g/mol. The third-order valence-corrected chi connectivity index (χ3v) is 4.26. The van der Waals surface area contributed by atoms with Crippen LogP contribution in [0.15, 0.2) is 41.6 Å². The highest BCUT2D eigenvalue weighted by atomic mass is 16.6. The Bertz CT molecular complexity index is 720. The van der Waals surface area contributed by atoms with Crippen LogP contribution >= 0.6 is 0 Å². The second-order valence-corrected chi connectivity index (χ2v) is 6.11. The molecule has 0 spiro atoms. The average Bonchev–Trinajstić information content (AvgIpc) is 2.70. The lowest BCUT2D eigenvalue weighted by Gasteiger charge is -2.31. The molecule has 1 saturated heterocycles. The predicted octanol–water partition coefficient (Wildman–Crippen LogP) is 2.05. The molecule has 0 aliphatic carbocycles. The molecule has 0 atom stereocenters. The number of likely N-dealkylation sites (N-methyl/N-ethyl adjacent to an activating group) is 1. The van der Waals surface area contributed by atoms with E-state index in [4.69, 9.17) is 14.3 Å². The van der Waals surface area contributed by atoms with Gasteiger partial charge in [0.15, 0.2) is 11.5 Å². The van der Waals surface area contributed by atoms with Crippen molar-refractivity contribution in [2.75, 3.05) is 54.6 Å². The van der Waals surface area contributed by atoms with Gasteiger partial charge in [-0.15, -0.1) is 0 Å². The molecule has 1 aliphatic rings. The highest BCUT2D eigenvalue weighted by molar-refractivity contribution is 6.09. The third-order valence-electron chi connectivity index (χ3n) is 4.26. The number of rotatable bonds is 7. The van der Waals surface area contributed by atoms with E-state index in [0.717, 1.165) is 31.7 Å². The first kappa shape index (κ1) is 20.5. The summed E-state index contributed by atoms with van der Waals surface area (Å²) in [5.74, 6) is 1.29. The first-order chi connectivity index (χ1) is 13.1. The molecule has 27 heavy (non-hydrogen) atoms. The Balaban J connectivity index is 2.05. The highest BCUT2D eigenvalue weighted by Gasteiger charge is 2.16. The molecule has 0 aromatic heterocycles. The van der Waals surface area contributed by atoms with Gasteiger partial charge in [-0.2, -0.15) is 0 Å². The minimum absolute atomic E-state index is 0.0218. The number of oxime groups is 1. The van der Waals surface area contributed by atoms with E-state index in [-0.39, 0.29) is 5.91 Å². The van der Waals surface area contributed by atoms with E-state index in [1.54, 1.807) is 26.4 Å². The Morgan fingerprint density at radius 3 is 2.33 bits per heavy atom. The third kappa shape index (κ3) is 6.14. The van der Waals surface area contributed by atoms with Crippen LogP contribution in [0.3, 0.4) is 0 Å². The van der Waals surface area contributed by atoms with Crippen LogP contribution in [0, 0.1) is 0 Å². The summed E-state index contributed by atoms with van der Waals surface area (Å²) in [5, 5.41) is 3.95. The van der Waals surface area contributed by atoms with Gasteiger partial charge >= 0.3 is 0 Å². The lowest BCUT2D eigenvalue weighted by atomic mass is 10.1. The first-order valence-electron chi connectivity index (χ1n) is 8.74. The molecule has 7 nitrogen and oxygen atoms in total. The normalized spacial score (nSPS) is 16.1. The van der Waals surface area contributed by atoms with Crippen LogP contribution in [-0.4, -0.2) is 76.0 Å². The molecule has 7 heteroatoms. The van der Waals surface area contributed by atoms with Crippen LogP contribution in [0.25, 0.3) is 6.08 Å². The number of piperazine rings is 1. The number of allylic oxidation sites excluding steroid dienone is 2. The number of carbonyl (C=O) groups excluding carboxylic acids is 1.